The van der Waals surface area contributed by atoms with E-state index in [4.69, 9.17) is 13.8 Å². The molecular weight excluding hydrogens is 443 g/mol. The van der Waals surface area contributed by atoms with Gasteiger partial charge in [0.15, 0.2) is 6.10 Å². The highest BCUT2D eigenvalue weighted by Crippen LogP contribution is 2.28. The maximum absolute atomic E-state index is 14.3. The van der Waals surface area contributed by atoms with Crippen molar-refractivity contribution in [1.82, 2.24) is 20.3 Å². The monoisotopic (exact) mass is 466 g/mol. The van der Waals surface area contributed by atoms with E-state index in [1.165, 1.54) is 19.2 Å². The Balaban J connectivity index is 1.48. The molecular formula is C24H23FN4O5. The van der Waals surface area contributed by atoms with Crippen molar-refractivity contribution >= 4 is 5.97 Å². The Kier molecular flexibility index (Phi) is 6.67. The quantitative estimate of drug-likeness (QED) is 0.316. The van der Waals surface area contributed by atoms with Gasteiger partial charge in [-0.3, -0.25) is 0 Å². The van der Waals surface area contributed by atoms with Crippen molar-refractivity contribution in [1.29, 1.82) is 0 Å². The van der Waals surface area contributed by atoms with Crippen molar-refractivity contribution in [3.63, 3.8) is 0 Å². The van der Waals surface area contributed by atoms with Crippen LogP contribution in [0.1, 0.15) is 61.4 Å². The van der Waals surface area contributed by atoms with Gasteiger partial charge in [-0.1, -0.05) is 31.1 Å². The van der Waals surface area contributed by atoms with Crippen molar-refractivity contribution in [2.24, 2.45) is 0 Å². The Labute approximate surface area is 194 Å². The molecule has 0 saturated carbocycles. The summed E-state index contributed by atoms with van der Waals surface area (Å²) in [5.41, 5.74) is 0.989. The first kappa shape index (κ1) is 23.1. The number of rotatable bonds is 8. The second-order valence-electron chi connectivity index (χ2n) is 7.79. The molecule has 0 aliphatic carbocycles. The lowest BCUT2D eigenvalue weighted by Gasteiger charge is -2.13. The number of esters is 1. The number of methoxy groups -OCH3 is 1. The van der Waals surface area contributed by atoms with Gasteiger partial charge in [0, 0.05) is 17.0 Å². The van der Waals surface area contributed by atoms with Crippen molar-refractivity contribution in [2.45, 2.75) is 39.2 Å². The summed E-state index contributed by atoms with van der Waals surface area (Å²) in [6, 6.07) is 11.2. The molecule has 2 aromatic heterocycles. The highest BCUT2D eigenvalue weighted by molar-refractivity contribution is 5.90. The summed E-state index contributed by atoms with van der Waals surface area (Å²) in [5.74, 6) is 0.763. The molecule has 0 saturated heterocycles. The topological polar surface area (TPSA) is 113 Å². The third-order valence-electron chi connectivity index (χ3n) is 5.05. The number of aromatic nitrogens is 4. The molecule has 1 unspecified atom stereocenters. The molecule has 0 N–H and O–H groups in total. The number of hydrogen-bond acceptors (Lipinski definition) is 9. The van der Waals surface area contributed by atoms with Gasteiger partial charge in [-0.2, -0.15) is 9.97 Å². The zero-order valence-corrected chi connectivity index (χ0v) is 19.1. The number of nitrogens with zero attached hydrogens (tertiary/aromatic N) is 4. The van der Waals surface area contributed by atoms with Crippen LogP contribution >= 0.6 is 0 Å². The van der Waals surface area contributed by atoms with Crippen LogP contribution in [0.2, 0.25) is 0 Å². The van der Waals surface area contributed by atoms with Crippen LogP contribution in [0.15, 0.2) is 51.5 Å². The standard InChI is InChI=1S/C24H23FN4O5/c1-5-19(32-16-9-6-14(7-10-16)20-26-22(13(2)3)33-28-20)23-27-21(29-34-23)15-8-11-17(18(25)12-15)24(30)31-4/h6-13,19H,5H2,1-4H3. The van der Waals surface area contributed by atoms with Gasteiger partial charge in [0.25, 0.3) is 5.89 Å². The molecule has 0 radical (unpaired) electrons. The van der Waals surface area contributed by atoms with Crippen molar-refractivity contribution in [3.05, 3.63) is 65.6 Å². The van der Waals surface area contributed by atoms with Crippen LogP contribution in [0.25, 0.3) is 22.8 Å². The summed E-state index contributed by atoms with van der Waals surface area (Å²) in [5, 5.41) is 7.93. The molecule has 0 bridgehead atoms. The van der Waals surface area contributed by atoms with Crippen molar-refractivity contribution < 1.29 is 27.7 Å². The van der Waals surface area contributed by atoms with E-state index in [0.29, 0.717) is 29.4 Å². The summed E-state index contributed by atoms with van der Waals surface area (Å²) < 4.78 is 35.5. The summed E-state index contributed by atoms with van der Waals surface area (Å²) in [6.07, 6.45) is 0.0470. The van der Waals surface area contributed by atoms with E-state index in [0.717, 1.165) is 11.6 Å². The fraction of sp³-hybridized carbons (Fsp3) is 0.292. The molecule has 10 heteroatoms. The van der Waals surface area contributed by atoms with Crippen molar-refractivity contribution in [3.8, 4) is 28.5 Å². The molecule has 34 heavy (non-hydrogen) atoms. The van der Waals surface area contributed by atoms with Gasteiger partial charge in [-0.25, -0.2) is 9.18 Å². The molecule has 0 aliphatic heterocycles. The predicted molar refractivity (Wildman–Crippen MR) is 119 cm³/mol. The van der Waals surface area contributed by atoms with Gasteiger partial charge >= 0.3 is 5.97 Å². The first-order chi connectivity index (χ1) is 16.4. The molecule has 2 heterocycles. The molecule has 0 amide bonds. The van der Waals surface area contributed by atoms with Gasteiger partial charge in [-0.15, -0.1) is 0 Å². The number of carbonyl (C=O) groups is 1. The minimum Gasteiger partial charge on any atom is -0.481 e. The van der Waals surface area contributed by atoms with Crippen molar-refractivity contribution in [2.75, 3.05) is 7.11 Å². The molecule has 9 nitrogen and oxygen atoms in total. The van der Waals surface area contributed by atoms with E-state index < -0.39 is 17.9 Å². The Morgan fingerprint density at radius 2 is 1.59 bits per heavy atom. The highest BCUT2D eigenvalue weighted by atomic mass is 19.1. The van der Waals surface area contributed by atoms with Crippen LogP contribution in [0.4, 0.5) is 4.39 Å². The smallest absolute Gasteiger partial charge is 0.340 e. The summed E-state index contributed by atoms with van der Waals surface area (Å²) >= 11 is 0. The fourth-order valence-corrected chi connectivity index (χ4v) is 3.16. The van der Waals surface area contributed by atoms with Crippen LogP contribution in [-0.4, -0.2) is 33.4 Å². The normalized spacial score (nSPS) is 12.1. The summed E-state index contributed by atoms with van der Waals surface area (Å²) in [4.78, 5) is 20.3. The van der Waals surface area contributed by atoms with Crippen LogP contribution in [0.5, 0.6) is 5.75 Å². The number of ether oxygens (including phenoxy) is 2. The van der Waals surface area contributed by atoms with E-state index in [9.17, 15) is 9.18 Å². The molecule has 4 rings (SSSR count). The van der Waals surface area contributed by atoms with E-state index in [1.807, 2.05) is 32.9 Å². The Hall–Kier alpha value is -4.08. The average Bonchev–Trinajstić information content (AvgIpc) is 3.53. The zero-order chi connectivity index (χ0) is 24.2. The third kappa shape index (κ3) is 4.80. The van der Waals surface area contributed by atoms with E-state index in [2.05, 4.69) is 25.0 Å². The fourth-order valence-electron chi connectivity index (χ4n) is 3.16. The van der Waals surface area contributed by atoms with Gasteiger partial charge in [0.05, 0.1) is 12.7 Å². The van der Waals surface area contributed by atoms with Gasteiger partial charge < -0.3 is 18.5 Å². The lowest BCUT2D eigenvalue weighted by molar-refractivity contribution is 0.0595. The van der Waals surface area contributed by atoms with Gasteiger partial charge in [0.1, 0.15) is 11.6 Å². The molecule has 1 atom stereocenters. The predicted octanol–water partition coefficient (Wildman–Crippen LogP) is 5.37. The van der Waals surface area contributed by atoms with Gasteiger partial charge in [-0.05, 0) is 48.9 Å². The third-order valence-corrected chi connectivity index (χ3v) is 5.05. The van der Waals surface area contributed by atoms with Gasteiger partial charge in [0.2, 0.25) is 17.5 Å². The lowest BCUT2D eigenvalue weighted by atomic mass is 10.1. The largest absolute Gasteiger partial charge is 0.481 e. The average molecular weight is 466 g/mol. The second-order valence-corrected chi connectivity index (χ2v) is 7.79. The Bertz CT molecular complexity index is 1280. The first-order valence-corrected chi connectivity index (χ1v) is 10.7. The highest BCUT2D eigenvalue weighted by Gasteiger charge is 2.21. The number of halogens is 1. The number of hydrogen-bond donors (Lipinski definition) is 0. The Morgan fingerprint density at radius 1 is 0.971 bits per heavy atom. The number of carbonyl (C=O) groups excluding carboxylic acids is 1. The van der Waals surface area contributed by atoms with Crippen LogP contribution in [-0.2, 0) is 4.74 Å². The lowest BCUT2D eigenvalue weighted by Crippen LogP contribution is -2.07. The maximum atomic E-state index is 14.3. The second kappa shape index (κ2) is 9.82. The first-order valence-electron chi connectivity index (χ1n) is 10.7. The molecule has 2 aromatic carbocycles. The SMILES string of the molecule is CCC(Oc1ccc(-c2noc(C(C)C)n2)cc1)c1nc(-c2ccc(C(=O)OC)c(F)c2)no1. The molecule has 0 fully saturated rings. The van der Waals surface area contributed by atoms with E-state index in [1.54, 1.807) is 12.1 Å². The molecule has 0 spiro atoms. The van der Waals surface area contributed by atoms with E-state index >= 15 is 0 Å². The Morgan fingerprint density at radius 3 is 2.18 bits per heavy atom. The molecule has 0 aliphatic rings. The zero-order valence-electron chi connectivity index (χ0n) is 19.1. The van der Waals surface area contributed by atoms with Crippen LogP contribution < -0.4 is 4.74 Å². The minimum absolute atomic E-state index is 0.149. The van der Waals surface area contributed by atoms with Crippen LogP contribution in [0.3, 0.4) is 0 Å². The molecule has 4 aromatic rings. The minimum atomic E-state index is -0.761. The molecule has 176 valence electrons. The maximum Gasteiger partial charge on any atom is 0.340 e. The van der Waals surface area contributed by atoms with E-state index in [-0.39, 0.29) is 23.2 Å². The number of benzene rings is 2. The van der Waals surface area contributed by atoms with Crippen LogP contribution in [0, 0.1) is 5.82 Å². The summed E-state index contributed by atoms with van der Waals surface area (Å²) in [7, 11) is 1.19. The summed E-state index contributed by atoms with van der Waals surface area (Å²) in [6.45, 7) is 5.88.